The van der Waals surface area contributed by atoms with Gasteiger partial charge < -0.3 is 14.8 Å². The largest absolute Gasteiger partial charge is 1.00 e. The summed E-state index contributed by atoms with van der Waals surface area (Å²) in [6, 6.07) is 1.52. The summed E-state index contributed by atoms with van der Waals surface area (Å²) in [6.45, 7) is 0. The molecule has 0 saturated heterocycles. The summed E-state index contributed by atoms with van der Waals surface area (Å²) < 4.78 is 4.81. The molecule has 1 heterocycles. The number of aromatic nitrogens is 1. The Morgan fingerprint density at radius 3 is 2.75 bits per heavy atom. The molecule has 0 radical (unpaired) electrons. The van der Waals surface area contributed by atoms with Gasteiger partial charge in [-0.25, -0.2) is 0 Å². The standard InChI is InChI=1S/C6H7BNO3.Li/c1-11-6-2-3-8-4-5(6)7(9)10;/h2-4,9H,1H3;/q-1;+1. The molecule has 0 bridgehead atoms. The first-order valence-electron chi connectivity index (χ1n) is 3.07. The maximum atomic E-state index is 10.5. The normalized spacial score (nSPS) is 8.58. The molecule has 4 nitrogen and oxygen atoms in total. The van der Waals surface area contributed by atoms with Crippen molar-refractivity contribution in [2.75, 3.05) is 7.11 Å². The molecule has 0 saturated carbocycles. The number of methoxy groups -OCH3 is 1. The van der Waals surface area contributed by atoms with Crippen LogP contribution >= 0.6 is 0 Å². The number of pyridine rings is 1. The summed E-state index contributed by atoms with van der Waals surface area (Å²) in [5, 5.41) is 19.2. The van der Waals surface area contributed by atoms with Gasteiger partial charge in [0.1, 0.15) is 5.75 Å². The zero-order valence-corrected chi connectivity index (χ0v) is 7.02. The molecule has 0 atom stereocenters. The third-order valence-corrected chi connectivity index (χ3v) is 1.30. The van der Waals surface area contributed by atoms with Crippen LogP contribution in [-0.2, 0) is 0 Å². The maximum Gasteiger partial charge on any atom is 1.00 e. The van der Waals surface area contributed by atoms with Gasteiger partial charge in [0.25, 0.3) is 0 Å². The van der Waals surface area contributed by atoms with Crippen LogP contribution in [0.5, 0.6) is 5.75 Å². The third kappa shape index (κ3) is 2.54. The summed E-state index contributed by atoms with van der Waals surface area (Å²) in [6.07, 6.45) is 2.78. The van der Waals surface area contributed by atoms with E-state index in [1.807, 2.05) is 0 Å². The minimum atomic E-state index is -1.78. The SMILES string of the molecule is COc1ccncc1B([O-])O.[Li+]. The van der Waals surface area contributed by atoms with Crippen molar-refractivity contribution in [3.05, 3.63) is 18.5 Å². The monoisotopic (exact) mass is 159 g/mol. The Hall–Kier alpha value is -0.468. The summed E-state index contributed by atoms with van der Waals surface area (Å²) in [4.78, 5) is 3.67. The fourth-order valence-corrected chi connectivity index (χ4v) is 0.765. The van der Waals surface area contributed by atoms with E-state index in [0.717, 1.165) is 0 Å². The van der Waals surface area contributed by atoms with Gasteiger partial charge in [-0.2, -0.15) is 0 Å². The minimum Gasteiger partial charge on any atom is -0.853 e. The Morgan fingerprint density at radius 1 is 1.67 bits per heavy atom. The molecule has 1 aromatic rings. The quantitative estimate of drug-likeness (QED) is 0.439. The Balaban J connectivity index is 0.00000121. The van der Waals surface area contributed by atoms with Gasteiger partial charge in [-0.05, 0) is 11.5 Å². The number of ether oxygens (including phenoxy) is 1. The summed E-state index contributed by atoms with van der Waals surface area (Å²) in [5.74, 6) is 0.363. The van der Waals surface area contributed by atoms with E-state index in [1.54, 1.807) is 0 Å². The molecule has 0 aromatic carbocycles. The Labute approximate surface area is 82.9 Å². The zero-order chi connectivity index (χ0) is 8.27. The van der Waals surface area contributed by atoms with Crippen molar-refractivity contribution in [3.8, 4) is 5.75 Å². The van der Waals surface area contributed by atoms with Crippen molar-refractivity contribution in [1.82, 2.24) is 4.98 Å². The van der Waals surface area contributed by atoms with Gasteiger partial charge in [0.15, 0.2) is 0 Å². The Bertz CT molecular complexity index is 246. The van der Waals surface area contributed by atoms with Gasteiger partial charge in [-0.1, -0.05) is 0 Å². The van der Waals surface area contributed by atoms with Crippen LogP contribution in [0.3, 0.4) is 0 Å². The van der Waals surface area contributed by atoms with E-state index >= 15 is 0 Å². The van der Waals surface area contributed by atoms with Crippen molar-refractivity contribution in [2.24, 2.45) is 0 Å². The summed E-state index contributed by atoms with van der Waals surface area (Å²) in [5.41, 5.74) is 0.162. The van der Waals surface area contributed by atoms with Gasteiger partial charge in [0.2, 0.25) is 7.12 Å². The smallest absolute Gasteiger partial charge is 0.853 e. The number of nitrogens with zero attached hydrogens (tertiary/aromatic N) is 1. The Morgan fingerprint density at radius 2 is 2.33 bits per heavy atom. The first-order chi connectivity index (χ1) is 5.25. The van der Waals surface area contributed by atoms with E-state index in [4.69, 9.17) is 9.76 Å². The molecule has 0 spiro atoms. The molecule has 1 rings (SSSR count). The number of hydrogen-bond acceptors (Lipinski definition) is 4. The van der Waals surface area contributed by atoms with Crippen molar-refractivity contribution in [1.29, 1.82) is 0 Å². The van der Waals surface area contributed by atoms with E-state index < -0.39 is 7.12 Å². The van der Waals surface area contributed by atoms with E-state index in [9.17, 15) is 5.02 Å². The average molecular weight is 159 g/mol. The predicted octanol–water partition coefficient (Wildman–Crippen LogP) is -4.86. The molecule has 0 aliphatic carbocycles. The summed E-state index contributed by atoms with van der Waals surface area (Å²) >= 11 is 0. The van der Waals surface area contributed by atoms with Crippen LogP contribution in [0, 0.1) is 0 Å². The molecule has 0 aliphatic heterocycles. The Kier molecular flexibility index (Phi) is 5.02. The van der Waals surface area contributed by atoms with E-state index in [0.29, 0.717) is 5.75 Å². The molecule has 0 aliphatic rings. The van der Waals surface area contributed by atoms with Gasteiger partial charge in [0, 0.05) is 12.4 Å². The first-order valence-corrected chi connectivity index (χ1v) is 3.07. The van der Waals surface area contributed by atoms with E-state index in [-0.39, 0.29) is 24.3 Å². The van der Waals surface area contributed by atoms with Crippen molar-refractivity contribution in [3.63, 3.8) is 0 Å². The number of rotatable bonds is 2. The molecule has 6 heteroatoms. The van der Waals surface area contributed by atoms with Gasteiger partial charge in [-0.15, -0.1) is 0 Å². The van der Waals surface area contributed by atoms with Gasteiger partial charge in [0.05, 0.1) is 7.11 Å². The molecule has 0 fully saturated rings. The predicted molar refractivity (Wildman–Crippen MR) is 38.4 cm³/mol. The van der Waals surface area contributed by atoms with Crippen molar-refractivity contribution < 1.29 is 33.6 Å². The van der Waals surface area contributed by atoms with Gasteiger partial charge in [-0.3, -0.25) is 4.98 Å². The molecular weight excluding hydrogens is 152 g/mol. The molecule has 58 valence electrons. The molecule has 0 unspecified atom stereocenters. The maximum absolute atomic E-state index is 10.5. The second kappa shape index (κ2) is 5.23. The second-order valence-electron chi connectivity index (χ2n) is 1.97. The second-order valence-corrected chi connectivity index (χ2v) is 1.97. The first kappa shape index (κ1) is 11.5. The third-order valence-electron chi connectivity index (χ3n) is 1.30. The van der Waals surface area contributed by atoms with Crippen molar-refractivity contribution in [2.45, 2.75) is 0 Å². The fourth-order valence-electron chi connectivity index (χ4n) is 0.765. The van der Waals surface area contributed by atoms with Crippen molar-refractivity contribution >= 4 is 12.6 Å². The van der Waals surface area contributed by atoms with Crippen LogP contribution in [-0.4, -0.2) is 24.2 Å². The molecule has 12 heavy (non-hydrogen) atoms. The molecule has 1 N–H and O–H groups in total. The van der Waals surface area contributed by atoms with Crippen LogP contribution in [0.25, 0.3) is 0 Å². The van der Waals surface area contributed by atoms with Crippen LogP contribution in [0.15, 0.2) is 18.5 Å². The summed E-state index contributed by atoms with van der Waals surface area (Å²) in [7, 11) is -0.347. The van der Waals surface area contributed by atoms with E-state index in [2.05, 4.69) is 4.98 Å². The molecular formula is C6H7BLiNO3. The van der Waals surface area contributed by atoms with Crippen LogP contribution in [0.4, 0.5) is 0 Å². The average Bonchev–Trinajstić information content (AvgIpc) is 2.04. The van der Waals surface area contributed by atoms with Crippen LogP contribution < -0.4 is 34.1 Å². The fraction of sp³-hybridized carbons (Fsp3) is 0.167. The molecule has 0 amide bonds. The number of hydrogen-bond donors (Lipinski definition) is 1. The zero-order valence-electron chi connectivity index (χ0n) is 7.02. The topological polar surface area (TPSA) is 65.4 Å². The van der Waals surface area contributed by atoms with Crippen LogP contribution in [0.1, 0.15) is 0 Å². The minimum absolute atomic E-state index is 0. The van der Waals surface area contributed by atoms with Gasteiger partial charge >= 0.3 is 18.9 Å². The molecule has 1 aromatic heterocycles. The van der Waals surface area contributed by atoms with Crippen LogP contribution in [0.2, 0.25) is 0 Å². The van der Waals surface area contributed by atoms with E-state index in [1.165, 1.54) is 25.6 Å².